The maximum absolute atomic E-state index is 13.6. The third-order valence-corrected chi connectivity index (χ3v) is 6.20. The first-order valence-corrected chi connectivity index (χ1v) is 11.2. The molecule has 1 aliphatic rings. The first-order valence-electron chi connectivity index (χ1n) is 10.8. The fourth-order valence-corrected chi connectivity index (χ4v) is 4.63. The van der Waals surface area contributed by atoms with Crippen molar-refractivity contribution in [2.75, 3.05) is 7.11 Å². The summed E-state index contributed by atoms with van der Waals surface area (Å²) in [5.41, 5.74) is 5.11. The van der Waals surface area contributed by atoms with Gasteiger partial charge in [0, 0.05) is 23.5 Å². The fourth-order valence-electron chi connectivity index (χ4n) is 4.43. The van der Waals surface area contributed by atoms with Gasteiger partial charge in [-0.2, -0.15) is 0 Å². The normalized spacial score (nSPS) is 14.7. The van der Waals surface area contributed by atoms with Gasteiger partial charge in [0.2, 0.25) is 0 Å². The third kappa shape index (κ3) is 4.20. The number of urea groups is 1. The highest BCUT2D eigenvalue weighted by molar-refractivity contribution is 6.30. The zero-order chi connectivity index (χ0) is 22.8. The molecule has 0 saturated carbocycles. The van der Waals surface area contributed by atoms with Crippen LogP contribution in [0.15, 0.2) is 91.1 Å². The molecule has 5 nitrogen and oxygen atoms in total. The number of amides is 2. The van der Waals surface area contributed by atoms with Crippen molar-refractivity contribution in [3.05, 3.63) is 119 Å². The van der Waals surface area contributed by atoms with E-state index in [1.54, 1.807) is 7.11 Å². The SMILES string of the molecule is COc1cccc(CNC(=O)N2Cc3ccccc3-n3cccc3[C@H]2c2cccc(Cl)c2)c1. The maximum Gasteiger partial charge on any atom is 0.318 e. The zero-order valence-corrected chi connectivity index (χ0v) is 19.0. The number of ether oxygens (including phenoxy) is 1. The number of para-hydroxylation sites is 1. The second kappa shape index (κ2) is 9.04. The van der Waals surface area contributed by atoms with E-state index in [-0.39, 0.29) is 12.1 Å². The molecule has 0 bridgehead atoms. The second-order valence-electron chi connectivity index (χ2n) is 8.03. The van der Waals surface area contributed by atoms with Crippen LogP contribution in [0.1, 0.15) is 28.4 Å². The van der Waals surface area contributed by atoms with Gasteiger partial charge >= 0.3 is 6.03 Å². The number of methoxy groups -OCH3 is 1. The molecule has 1 atom stereocenters. The number of hydrogen-bond donors (Lipinski definition) is 1. The minimum atomic E-state index is -0.295. The van der Waals surface area contributed by atoms with E-state index >= 15 is 0 Å². The van der Waals surface area contributed by atoms with Crippen molar-refractivity contribution >= 4 is 17.6 Å². The van der Waals surface area contributed by atoms with Gasteiger partial charge in [0.1, 0.15) is 5.75 Å². The van der Waals surface area contributed by atoms with E-state index in [9.17, 15) is 4.79 Å². The predicted octanol–water partition coefficient (Wildman–Crippen LogP) is 5.95. The van der Waals surface area contributed by atoms with E-state index in [1.165, 1.54) is 0 Å². The number of carbonyl (C=O) groups is 1. The Kier molecular flexibility index (Phi) is 5.80. The Balaban J connectivity index is 1.54. The summed E-state index contributed by atoms with van der Waals surface area (Å²) in [6.07, 6.45) is 2.05. The van der Waals surface area contributed by atoms with Gasteiger partial charge in [-0.1, -0.05) is 54.1 Å². The van der Waals surface area contributed by atoms with Crippen molar-refractivity contribution in [1.29, 1.82) is 0 Å². The van der Waals surface area contributed by atoms with Crippen LogP contribution in [0.25, 0.3) is 5.69 Å². The second-order valence-corrected chi connectivity index (χ2v) is 8.46. The topological polar surface area (TPSA) is 46.5 Å². The summed E-state index contributed by atoms with van der Waals surface area (Å²) in [4.78, 5) is 15.5. The van der Waals surface area contributed by atoms with Crippen molar-refractivity contribution in [2.45, 2.75) is 19.1 Å². The highest BCUT2D eigenvalue weighted by Gasteiger charge is 2.32. The van der Waals surface area contributed by atoms with E-state index in [2.05, 4.69) is 28.1 Å². The average Bonchev–Trinajstić information content (AvgIpc) is 3.27. The minimum Gasteiger partial charge on any atom is -0.497 e. The van der Waals surface area contributed by atoms with Gasteiger partial charge in [0.15, 0.2) is 0 Å². The van der Waals surface area contributed by atoms with Crippen LogP contribution < -0.4 is 10.1 Å². The number of nitrogens with one attached hydrogen (secondary N) is 1. The Bertz CT molecular complexity index is 1300. The van der Waals surface area contributed by atoms with Crippen LogP contribution >= 0.6 is 11.6 Å². The molecule has 1 aromatic heterocycles. The van der Waals surface area contributed by atoms with Crippen LogP contribution in [0.3, 0.4) is 0 Å². The highest BCUT2D eigenvalue weighted by Crippen LogP contribution is 2.37. The molecular formula is C27H24ClN3O2. The number of aromatic nitrogens is 1. The molecule has 0 radical (unpaired) electrons. The van der Waals surface area contributed by atoms with Gasteiger partial charge in [0.25, 0.3) is 0 Å². The number of carbonyl (C=O) groups excluding carboxylic acids is 1. The van der Waals surface area contributed by atoms with Crippen LogP contribution in [0.2, 0.25) is 5.02 Å². The summed E-state index contributed by atoms with van der Waals surface area (Å²) in [6, 6.07) is 27.3. The molecule has 0 aliphatic carbocycles. The quantitative estimate of drug-likeness (QED) is 0.411. The molecule has 1 N–H and O–H groups in total. The molecule has 2 amide bonds. The van der Waals surface area contributed by atoms with Crippen molar-refractivity contribution in [1.82, 2.24) is 14.8 Å². The summed E-state index contributed by atoms with van der Waals surface area (Å²) in [5, 5.41) is 3.75. The largest absolute Gasteiger partial charge is 0.497 e. The lowest BCUT2D eigenvalue weighted by Crippen LogP contribution is -2.41. The maximum atomic E-state index is 13.6. The van der Waals surface area contributed by atoms with Gasteiger partial charge in [-0.3, -0.25) is 0 Å². The van der Waals surface area contributed by atoms with Crippen LogP contribution in [-0.4, -0.2) is 22.6 Å². The Morgan fingerprint density at radius 3 is 2.73 bits per heavy atom. The highest BCUT2D eigenvalue weighted by atomic mass is 35.5. The third-order valence-electron chi connectivity index (χ3n) is 5.97. The summed E-state index contributed by atoms with van der Waals surface area (Å²) in [5.74, 6) is 0.764. The molecule has 0 saturated heterocycles. The van der Waals surface area contributed by atoms with E-state index in [0.717, 1.165) is 33.8 Å². The molecule has 4 aromatic rings. The van der Waals surface area contributed by atoms with Gasteiger partial charge < -0.3 is 19.5 Å². The lowest BCUT2D eigenvalue weighted by atomic mass is 10.0. The molecule has 2 heterocycles. The summed E-state index contributed by atoms with van der Waals surface area (Å²) < 4.78 is 7.47. The van der Waals surface area contributed by atoms with Gasteiger partial charge in [0.05, 0.1) is 25.4 Å². The van der Waals surface area contributed by atoms with E-state index in [0.29, 0.717) is 18.1 Å². The van der Waals surface area contributed by atoms with Crippen LogP contribution in [0.5, 0.6) is 5.75 Å². The zero-order valence-electron chi connectivity index (χ0n) is 18.2. The molecule has 6 heteroatoms. The van der Waals surface area contributed by atoms with E-state index < -0.39 is 0 Å². The first kappa shape index (κ1) is 21.2. The molecule has 0 unspecified atom stereocenters. The van der Waals surface area contributed by atoms with Crippen LogP contribution in [-0.2, 0) is 13.1 Å². The standard InChI is InChI=1S/C27H24ClN3O2/c1-33-23-11-4-7-19(15-23)17-29-27(32)31-18-21-8-2-3-12-24(21)30-14-6-13-25(30)26(31)20-9-5-10-22(28)16-20/h2-16,26H,17-18H2,1H3,(H,29,32)/t26-/m1/s1. The average molecular weight is 458 g/mol. The number of halogens is 1. The number of rotatable bonds is 4. The minimum absolute atomic E-state index is 0.146. The van der Waals surface area contributed by atoms with Gasteiger partial charge in [-0.25, -0.2) is 4.79 Å². The molecule has 3 aromatic carbocycles. The molecule has 5 rings (SSSR count). The fraction of sp³-hybridized carbons (Fsp3) is 0.148. The predicted molar refractivity (Wildman–Crippen MR) is 130 cm³/mol. The summed E-state index contributed by atoms with van der Waals surface area (Å²) >= 11 is 6.35. The molecule has 1 aliphatic heterocycles. The number of hydrogen-bond acceptors (Lipinski definition) is 2. The van der Waals surface area contributed by atoms with Crippen molar-refractivity contribution in [2.24, 2.45) is 0 Å². The molecule has 0 spiro atoms. The van der Waals surface area contributed by atoms with Crippen LogP contribution in [0.4, 0.5) is 4.79 Å². The van der Waals surface area contributed by atoms with Crippen LogP contribution in [0, 0.1) is 0 Å². The Hall–Kier alpha value is -3.70. The first-order chi connectivity index (χ1) is 16.1. The van der Waals surface area contributed by atoms with Crippen molar-refractivity contribution < 1.29 is 9.53 Å². The lowest BCUT2D eigenvalue weighted by Gasteiger charge is -2.31. The Morgan fingerprint density at radius 2 is 1.88 bits per heavy atom. The smallest absolute Gasteiger partial charge is 0.318 e. The molecule has 0 fully saturated rings. The Labute approximate surface area is 198 Å². The number of nitrogens with zero attached hydrogens (tertiary/aromatic N) is 2. The van der Waals surface area contributed by atoms with Crippen molar-refractivity contribution in [3.8, 4) is 11.4 Å². The summed E-state index contributed by atoms with van der Waals surface area (Å²) in [7, 11) is 1.64. The molecule has 33 heavy (non-hydrogen) atoms. The molecule has 166 valence electrons. The van der Waals surface area contributed by atoms with Crippen molar-refractivity contribution in [3.63, 3.8) is 0 Å². The number of fused-ring (bicyclic) bond motifs is 3. The van der Waals surface area contributed by atoms with Gasteiger partial charge in [-0.05, 0) is 59.2 Å². The summed E-state index contributed by atoms with van der Waals surface area (Å²) in [6.45, 7) is 0.871. The van der Waals surface area contributed by atoms with E-state index in [1.807, 2.05) is 77.8 Å². The van der Waals surface area contributed by atoms with Gasteiger partial charge in [-0.15, -0.1) is 0 Å². The Morgan fingerprint density at radius 1 is 1.03 bits per heavy atom. The van der Waals surface area contributed by atoms with E-state index in [4.69, 9.17) is 16.3 Å². The number of benzene rings is 3. The molecular weight excluding hydrogens is 434 g/mol. The monoisotopic (exact) mass is 457 g/mol. The lowest BCUT2D eigenvalue weighted by molar-refractivity contribution is 0.180.